The maximum absolute atomic E-state index is 13.1. The predicted molar refractivity (Wildman–Crippen MR) is 97.8 cm³/mol. The Morgan fingerprint density at radius 2 is 1.88 bits per heavy atom. The molecule has 1 aromatic carbocycles. The molecular formula is C18H18FN5OS. The van der Waals surface area contributed by atoms with Crippen LogP contribution in [0.4, 0.5) is 4.39 Å². The number of carbonyl (C=O) groups is 1. The summed E-state index contributed by atoms with van der Waals surface area (Å²) in [5, 5.41) is 5.87. The molecule has 0 saturated carbocycles. The molecule has 0 atom stereocenters. The number of rotatable bonds is 4. The average Bonchev–Trinajstić information content (AvgIpc) is 3.12. The highest BCUT2D eigenvalue weighted by Gasteiger charge is 2.18. The molecule has 1 aliphatic rings. The van der Waals surface area contributed by atoms with E-state index in [2.05, 4.69) is 15.1 Å². The molecule has 4 rings (SSSR count). The number of hydrogen-bond donors (Lipinski definition) is 0. The number of aromatic nitrogens is 4. The molecule has 0 aliphatic carbocycles. The van der Waals surface area contributed by atoms with E-state index in [1.807, 2.05) is 4.90 Å². The van der Waals surface area contributed by atoms with E-state index in [1.54, 1.807) is 23.0 Å². The van der Waals surface area contributed by atoms with E-state index in [-0.39, 0.29) is 11.7 Å². The lowest BCUT2D eigenvalue weighted by Gasteiger charge is -2.26. The van der Waals surface area contributed by atoms with Crippen molar-refractivity contribution in [3.63, 3.8) is 0 Å². The van der Waals surface area contributed by atoms with Crippen LogP contribution in [0.5, 0.6) is 0 Å². The third-order valence-electron chi connectivity index (χ3n) is 4.44. The van der Waals surface area contributed by atoms with Gasteiger partial charge < -0.3 is 4.90 Å². The zero-order valence-corrected chi connectivity index (χ0v) is 15.0. The molecular weight excluding hydrogens is 353 g/mol. The van der Waals surface area contributed by atoms with Crippen LogP contribution < -0.4 is 0 Å². The molecule has 0 spiro atoms. The first-order valence-electron chi connectivity index (χ1n) is 8.57. The van der Waals surface area contributed by atoms with E-state index >= 15 is 0 Å². The van der Waals surface area contributed by atoms with Crippen molar-refractivity contribution in [2.24, 2.45) is 0 Å². The van der Waals surface area contributed by atoms with Crippen LogP contribution in [0.25, 0.3) is 16.7 Å². The number of hydrogen-bond acceptors (Lipinski definition) is 5. The number of piperidine rings is 1. The summed E-state index contributed by atoms with van der Waals surface area (Å²) >= 11 is 1.41. The van der Waals surface area contributed by atoms with Gasteiger partial charge in [-0.05, 0) is 43.5 Å². The third-order valence-corrected chi connectivity index (χ3v) is 5.43. The molecule has 1 fully saturated rings. The molecule has 2 aromatic heterocycles. The quantitative estimate of drug-likeness (QED) is 0.521. The van der Waals surface area contributed by atoms with Crippen molar-refractivity contribution in [3.05, 3.63) is 42.6 Å². The van der Waals surface area contributed by atoms with Gasteiger partial charge in [0.05, 0.1) is 23.0 Å². The summed E-state index contributed by atoms with van der Waals surface area (Å²) in [7, 11) is 0. The number of amides is 1. The topological polar surface area (TPSA) is 63.9 Å². The summed E-state index contributed by atoms with van der Waals surface area (Å²) in [6.07, 6.45) is 6.52. The molecule has 1 amide bonds. The molecule has 6 nitrogen and oxygen atoms in total. The summed E-state index contributed by atoms with van der Waals surface area (Å²) in [5.41, 5.74) is 1.36. The number of fused-ring (bicyclic) bond motifs is 1. The Bertz CT molecular complexity index is 921. The minimum Gasteiger partial charge on any atom is -0.342 e. The summed E-state index contributed by atoms with van der Waals surface area (Å²) in [6.45, 7) is 1.70. The Kier molecular flexibility index (Phi) is 4.83. The fraction of sp³-hybridized carbons (Fsp3) is 0.333. The molecule has 26 heavy (non-hydrogen) atoms. The van der Waals surface area contributed by atoms with Gasteiger partial charge >= 0.3 is 0 Å². The lowest BCUT2D eigenvalue weighted by Crippen LogP contribution is -2.36. The van der Waals surface area contributed by atoms with Gasteiger partial charge in [0.25, 0.3) is 0 Å². The highest BCUT2D eigenvalue weighted by atomic mass is 32.2. The van der Waals surface area contributed by atoms with Crippen LogP contribution in [0.2, 0.25) is 0 Å². The molecule has 0 unspecified atom stereocenters. The SMILES string of the molecule is O=C(CSc1ncnc2c1cnn2-c1ccc(F)cc1)N1CCCCC1. The van der Waals surface area contributed by atoms with Gasteiger partial charge in [0, 0.05) is 13.1 Å². The fourth-order valence-electron chi connectivity index (χ4n) is 3.07. The van der Waals surface area contributed by atoms with Crippen LogP contribution >= 0.6 is 11.8 Å². The first-order chi connectivity index (χ1) is 12.7. The standard InChI is InChI=1S/C18H18FN5OS/c19-13-4-6-14(7-5-13)24-17-15(10-22-24)18(21-12-20-17)26-11-16(25)23-8-2-1-3-9-23/h4-7,10,12H,1-3,8-9,11H2. The molecule has 1 saturated heterocycles. The summed E-state index contributed by atoms with van der Waals surface area (Å²) in [5.74, 6) is 0.202. The average molecular weight is 371 g/mol. The van der Waals surface area contributed by atoms with Crippen molar-refractivity contribution >= 4 is 28.7 Å². The van der Waals surface area contributed by atoms with Crippen molar-refractivity contribution < 1.29 is 9.18 Å². The predicted octanol–water partition coefficient (Wildman–Crippen LogP) is 3.06. The van der Waals surface area contributed by atoms with Gasteiger partial charge in [-0.3, -0.25) is 4.79 Å². The van der Waals surface area contributed by atoms with Crippen LogP contribution in [-0.4, -0.2) is 49.4 Å². The number of halogens is 1. The maximum Gasteiger partial charge on any atom is 0.232 e. The second kappa shape index (κ2) is 7.41. The minimum absolute atomic E-state index is 0.146. The summed E-state index contributed by atoms with van der Waals surface area (Å²) in [6, 6.07) is 6.07. The van der Waals surface area contributed by atoms with Crippen molar-refractivity contribution in [1.82, 2.24) is 24.6 Å². The van der Waals surface area contributed by atoms with E-state index in [4.69, 9.17) is 0 Å². The first kappa shape index (κ1) is 17.0. The maximum atomic E-state index is 13.1. The molecule has 1 aliphatic heterocycles. The van der Waals surface area contributed by atoms with Crippen molar-refractivity contribution in [2.45, 2.75) is 24.3 Å². The zero-order chi connectivity index (χ0) is 17.9. The Balaban J connectivity index is 1.55. The molecule has 8 heteroatoms. The fourth-order valence-corrected chi connectivity index (χ4v) is 3.94. The van der Waals surface area contributed by atoms with Gasteiger partial charge in [0.15, 0.2) is 5.65 Å². The van der Waals surface area contributed by atoms with Gasteiger partial charge in [0.2, 0.25) is 5.91 Å². The van der Waals surface area contributed by atoms with Crippen LogP contribution in [0, 0.1) is 5.82 Å². The third kappa shape index (κ3) is 3.41. The Morgan fingerprint density at radius 3 is 2.65 bits per heavy atom. The lowest BCUT2D eigenvalue weighted by atomic mass is 10.1. The van der Waals surface area contributed by atoms with Crippen LogP contribution in [0.1, 0.15) is 19.3 Å². The molecule has 3 aromatic rings. The second-order valence-corrected chi connectivity index (χ2v) is 7.14. The van der Waals surface area contributed by atoms with Gasteiger partial charge in [-0.2, -0.15) is 5.10 Å². The van der Waals surface area contributed by atoms with Crippen molar-refractivity contribution in [2.75, 3.05) is 18.8 Å². The van der Waals surface area contributed by atoms with Crippen LogP contribution in [0.15, 0.2) is 41.8 Å². The summed E-state index contributed by atoms with van der Waals surface area (Å²) < 4.78 is 14.8. The lowest BCUT2D eigenvalue weighted by molar-refractivity contribution is -0.129. The number of thioether (sulfide) groups is 1. The number of carbonyl (C=O) groups excluding carboxylic acids is 1. The number of benzene rings is 1. The Morgan fingerprint density at radius 1 is 1.12 bits per heavy atom. The normalized spacial score (nSPS) is 14.7. The highest BCUT2D eigenvalue weighted by molar-refractivity contribution is 8.00. The molecule has 0 N–H and O–H groups in total. The van der Waals surface area contributed by atoms with Gasteiger partial charge in [-0.15, -0.1) is 0 Å². The second-order valence-electron chi connectivity index (χ2n) is 6.18. The highest BCUT2D eigenvalue weighted by Crippen LogP contribution is 2.26. The largest absolute Gasteiger partial charge is 0.342 e. The first-order valence-corrected chi connectivity index (χ1v) is 9.56. The number of nitrogens with zero attached hydrogens (tertiary/aromatic N) is 5. The minimum atomic E-state index is -0.299. The molecule has 0 radical (unpaired) electrons. The van der Waals surface area contributed by atoms with Crippen LogP contribution in [0.3, 0.4) is 0 Å². The van der Waals surface area contributed by atoms with Crippen molar-refractivity contribution in [1.29, 1.82) is 0 Å². The number of likely N-dealkylation sites (tertiary alicyclic amines) is 1. The molecule has 0 bridgehead atoms. The van der Waals surface area contributed by atoms with Crippen LogP contribution in [-0.2, 0) is 4.79 Å². The van der Waals surface area contributed by atoms with E-state index in [0.717, 1.165) is 42.0 Å². The molecule has 3 heterocycles. The smallest absolute Gasteiger partial charge is 0.232 e. The summed E-state index contributed by atoms with van der Waals surface area (Å²) in [4.78, 5) is 22.9. The van der Waals surface area contributed by atoms with E-state index < -0.39 is 0 Å². The van der Waals surface area contributed by atoms with Gasteiger partial charge in [-0.25, -0.2) is 19.0 Å². The van der Waals surface area contributed by atoms with Gasteiger partial charge in [-0.1, -0.05) is 11.8 Å². The zero-order valence-electron chi connectivity index (χ0n) is 14.1. The Hall–Kier alpha value is -2.48. The van der Waals surface area contributed by atoms with Gasteiger partial charge in [0.1, 0.15) is 17.2 Å². The van der Waals surface area contributed by atoms with E-state index in [0.29, 0.717) is 11.4 Å². The monoisotopic (exact) mass is 371 g/mol. The van der Waals surface area contributed by atoms with Crippen molar-refractivity contribution in [3.8, 4) is 5.69 Å². The van der Waals surface area contributed by atoms with E-state index in [1.165, 1.54) is 36.6 Å². The molecule has 134 valence electrons. The van der Waals surface area contributed by atoms with E-state index in [9.17, 15) is 9.18 Å². The Labute approximate surface area is 154 Å².